The van der Waals surface area contributed by atoms with Crippen LogP contribution in [0.3, 0.4) is 0 Å². The Morgan fingerprint density at radius 2 is 2.00 bits per heavy atom. The molecule has 0 spiro atoms. The van der Waals surface area contributed by atoms with Crippen LogP contribution in [0.1, 0.15) is 48.0 Å². The number of halogens is 4. The number of nitrogens with one attached hydrogen (secondary N) is 1. The van der Waals surface area contributed by atoms with Gasteiger partial charge in [0.1, 0.15) is 23.9 Å². The van der Waals surface area contributed by atoms with Crippen LogP contribution in [0.2, 0.25) is 0 Å². The third kappa shape index (κ3) is 4.84. The molecule has 2 aliphatic carbocycles. The van der Waals surface area contributed by atoms with Gasteiger partial charge in [0.05, 0.1) is 24.8 Å². The lowest BCUT2D eigenvalue weighted by molar-refractivity contribution is -0.130. The van der Waals surface area contributed by atoms with Crippen molar-refractivity contribution in [3.63, 3.8) is 0 Å². The number of anilines is 2. The van der Waals surface area contributed by atoms with E-state index in [0.29, 0.717) is 24.9 Å². The lowest BCUT2D eigenvalue weighted by Crippen LogP contribution is -2.61. The predicted molar refractivity (Wildman–Crippen MR) is 118 cm³/mol. The molecule has 1 amide bonds. The first-order valence-corrected chi connectivity index (χ1v) is 11.5. The standard InChI is InChI=1S/C24H24F4N4O4/c1-23(34-2)10-32(11-23)22-31-19(18(36-22)8-24(26,27)28)21(33)30-15-4-14(9-29)20(17(25)7-15)35-16-5-12-3-13(12)6-16/h4,7,12-13,16H,3,5-6,8,10-11H2,1-2H3,(H,30,33). The Morgan fingerprint density at radius 3 is 2.61 bits per heavy atom. The molecule has 2 heterocycles. The largest absolute Gasteiger partial charge is 0.486 e. The quantitative estimate of drug-likeness (QED) is 0.552. The minimum Gasteiger partial charge on any atom is -0.486 e. The van der Waals surface area contributed by atoms with Gasteiger partial charge in [0, 0.05) is 18.9 Å². The second kappa shape index (κ2) is 8.65. The number of benzene rings is 1. The van der Waals surface area contributed by atoms with Crippen molar-refractivity contribution in [2.75, 3.05) is 30.4 Å². The first kappa shape index (κ1) is 24.4. The van der Waals surface area contributed by atoms with Crippen LogP contribution in [0.5, 0.6) is 5.75 Å². The molecule has 3 aliphatic rings. The topological polar surface area (TPSA) is 101 Å². The zero-order chi connectivity index (χ0) is 25.8. The number of carbonyl (C=O) groups is 1. The van der Waals surface area contributed by atoms with E-state index >= 15 is 0 Å². The minimum absolute atomic E-state index is 0.117. The van der Waals surface area contributed by atoms with Crippen LogP contribution >= 0.6 is 0 Å². The maximum absolute atomic E-state index is 14.9. The van der Waals surface area contributed by atoms with Crippen molar-refractivity contribution in [1.29, 1.82) is 5.26 Å². The molecule has 192 valence electrons. The molecule has 0 radical (unpaired) electrons. The number of nitrogens with zero attached hydrogens (tertiary/aromatic N) is 3. The summed E-state index contributed by atoms with van der Waals surface area (Å²) < 4.78 is 70.6. The summed E-state index contributed by atoms with van der Waals surface area (Å²) in [4.78, 5) is 18.4. The van der Waals surface area contributed by atoms with Gasteiger partial charge in [0.15, 0.2) is 17.3 Å². The fraction of sp³-hybridized carbons (Fsp3) is 0.542. The van der Waals surface area contributed by atoms with Crippen LogP contribution < -0.4 is 15.0 Å². The molecule has 0 bridgehead atoms. The van der Waals surface area contributed by atoms with E-state index in [1.807, 2.05) is 13.0 Å². The summed E-state index contributed by atoms with van der Waals surface area (Å²) in [6.45, 7) is 2.45. The monoisotopic (exact) mass is 508 g/mol. The molecule has 1 aromatic heterocycles. The second-order valence-corrected chi connectivity index (χ2v) is 9.94. The lowest BCUT2D eigenvalue weighted by atomic mass is 9.97. The third-order valence-corrected chi connectivity index (χ3v) is 6.98. The fourth-order valence-electron chi connectivity index (χ4n) is 4.96. The molecule has 1 N–H and O–H groups in total. The highest BCUT2D eigenvalue weighted by atomic mass is 19.4. The van der Waals surface area contributed by atoms with Gasteiger partial charge >= 0.3 is 6.18 Å². The predicted octanol–water partition coefficient (Wildman–Crippen LogP) is 4.44. The highest BCUT2D eigenvalue weighted by molar-refractivity contribution is 6.04. The number of hydrogen-bond acceptors (Lipinski definition) is 7. The van der Waals surface area contributed by atoms with Gasteiger partial charge in [-0.05, 0) is 44.1 Å². The number of amides is 1. The van der Waals surface area contributed by atoms with Gasteiger partial charge < -0.3 is 24.1 Å². The van der Waals surface area contributed by atoms with Crippen molar-refractivity contribution < 1.29 is 36.2 Å². The van der Waals surface area contributed by atoms with Gasteiger partial charge in [-0.3, -0.25) is 4.79 Å². The van der Waals surface area contributed by atoms with Crippen LogP contribution in [0.25, 0.3) is 0 Å². The van der Waals surface area contributed by atoms with E-state index < -0.39 is 41.4 Å². The van der Waals surface area contributed by atoms with Crippen LogP contribution in [-0.2, 0) is 11.2 Å². The third-order valence-electron chi connectivity index (χ3n) is 6.98. The van der Waals surface area contributed by atoms with Gasteiger partial charge in [0.25, 0.3) is 11.9 Å². The SMILES string of the molecule is COC1(C)CN(c2nc(C(=O)Nc3cc(F)c(OC4CC5CC5C4)c(C#N)c3)c(CC(F)(F)F)o2)C1. The normalized spacial score (nSPS) is 24.0. The van der Waals surface area contributed by atoms with Gasteiger partial charge in [-0.15, -0.1) is 0 Å². The van der Waals surface area contributed by atoms with Gasteiger partial charge in [-0.1, -0.05) is 0 Å². The number of aromatic nitrogens is 1. The van der Waals surface area contributed by atoms with E-state index in [-0.39, 0.29) is 29.1 Å². The van der Waals surface area contributed by atoms with E-state index in [1.165, 1.54) is 13.2 Å². The molecular formula is C24H24F4N4O4. The fourth-order valence-corrected chi connectivity index (χ4v) is 4.96. The molecule has 1 aliphatic heterocycles. The Morgan fingerprint density at radius 1 is 1.31 bits per heavy atom. The molecule has 2 saturated carbocycles. The summed E-state index contributed by atoms with van der Waals surface area (Å²) in [5, 5.41) is 11.8. The van der Waals surface area contributed by atoms with Crippen LogP contribution in [0.4, 0.5) is 29.3 Å². The Balaban J connectivity index is 1.35. The number of ether oxygens (including phenoxy) is 2. The van der Waals surface area contributed by atoms with E-state index in [2.05, 4.69) is 10.3 Å². The van der Waals surface area contributed by atoms with Crippen LogP contribution in [0, 0.1) is 29.0 Å². The summed E-state index contributed by atoms with van der Waals surface area (Å²) in [5.74, 6) is -1.53. The number of oxazole rings is 1. The van der Waals surface area contributed by atoms with Crippen molar-refractivity contribution >= 4 is 17.6 Å². The molecule has 2 aromatic rings. The Kier molecular flexibility index (Phi) is 5.86. The van der Waals surface area contributed by atoms with Gasteiger partial charge in [0.2, 0.25) is 0 Å². The second-order valence-electron chi connectivity index (χ2n) is 9.94. The van der Waals surface area contributed by atoms with E-state index in [4.69, 9.17) is 13.9 Å². The zero-order valence-corrected chi connectivity index (χ0v) is 19.6. The number of fused-ring (bicyclic) bond motifs is 1. The summed E-state index contributed by atoms with van der Waals surface area (Å²) in [5.41, 5.74) is -1.32. The minimum atomic E-state index is -4.65. The van der Waals surface area contributed by atoms with E-state index in [0.717, 1.165) is 25.3 Å². The molecule has 2 unspecified atom stereocenters. The molecule has 1 aromatic carbocycles. The van der Waals surface area contributed by atoms with Crippen molar-refractivity contribution in [2.24, 2.45) is 11.8 Å². The van der Waals surface area contributed by atoms with E-state index in [9.17, 15) is 27.6 Å². The number of alkyl halides is 3. The smallest absolute Gasteiger partial charge is 0.396 e. The summed E-state index contributed by atoms with van der Waals surface area (Å²) >= 11 is 0. The summed E-state index contributed by atoms with van der Waals surface area (Å²) in [7, 11) is 1.52. The Hall–Kier alpha value is -3.33. The zero-order valence-electron chi connectivity index (χ0n) is 19.6. The van der Waals surface area contributed by atoms with Gasteiger partial charge in [-0.25, -0.2) is 4.39 Å². The number of nitriles is 1. The molecule has 12 heteroatoms. The van der Waals surface area contributed by atoms with Crippen molar-refractivity contribution in [3.05, 3.63) is 35.0 Å². The van der Waals surface area contributed by atoms with E-state index in [1.54, 1.807) is 4.90 Å². The summed E-state index contributed by atoms with van der Waals surface area (Å²) in [6.07, 6.45) is -3.55. The average Bonchev–Trinajstić information content (AvgIpc) is 3.19. The van der Waals surface area contributed by atoms with Crippen LogP contribution in [-0.4, -0.2) is 49.0 Å². The molecule has 36 heavy (non-hydrogen) atoms. The number of carbonyl (C=O) groups excluding carboxylic acids is 1. The van der Waals surface area contributed by atoms with Gasteiger partial charge in [-0.2, -0.15) is 23.4 Å². The molecule has 3 fully saturated rings. The molecule has 5 rings (SSSR count). The van der Waals surface area contributed by atoms with Crippen molar-refractivity contribution in [1.82, 2.24) is 4.98 Å². The maximum atomic E-state index is 14.9. The highest BCUT2D eigenvalue weighted by Crippen LogP contribution is 2.52. The highest BCUT2D eigenvalue weighted by Gasteiger charge is 2.47. The molecule has 1 saturated heterocycles. The number of rotatable bonds is 7. The molecular weight excluding hydrogens is 484 g/mol. The molecule has 2 atom stereocenters. The number of methoxy groups -OCH3 is 1. The van der Waals surface area contributed by atoms with Crippen molar-refractivity contribution in [2.45, 2.75) is 50.5 Å². The molecule has 8 nitrogen and oxygen atoms in total. The van der Waals surface area contributed by atoms with Crippen molar-refractivity contribution in [3.8, 4) is 11.8 Å². The summed E-state index contributed by atoms with van der Waals surface area (Å²) in [6, 6.07) is 3.90. The lowest BCUT2D eigenvalue weighted by Gasteiger charge is -2.45. The Labute approximate surface area is 204 Å². The average molecular weight is 508 g/mol. The van der Waals surface area contributed by atoms with Crippen LogP contribution in [0.15, 0.2) is 16.5 Å². The Bertz CT molecular complexity index is 1220. The number of hydrogen-bond donors (Lipinski definition) is 1. The first-order valence-electron chi connectivity index (χ1n) is 11.5. The maximum Gasteiger partial charge on any atom is 0.396 e. The first-order chi connectivity index (χ1) is 17.0.